The highest BCUT2D eigenvalue weighted by atomic mass is 16.6. The van der Waals surface area contributed by atoms with Crippen LogP contribution in [-0.2, 0) is 33.3 Å². The fraction of sp³-hybridized carbons (Fsp3) is 0.864. The number of likely N-dealkylation sites (tertiary alicyclic amines) is 1. The van der Waals surface area contributed by atoms with E-state index in [0.717, 1.165) is 19.4 Å². The summed E-state index contributed by atoms with van der Waals surface area (Å²) in [5.41, 5.74) is 5.33. The van der Waals surface area contributed by atoms with Gasteiger partial charge in [0.1, 0.15) is 24.8 Å². The van der Waals surface area contributed by atoms with Gasteiger partial charge < -0.3 is 40.2 Å². The summed E-state index contributed by atoms with van der Waals surface area (Å²) in [5, 5.41) is 5.99. The number of nitrogens with two attached hydrogens (primary N) is 1. The third kappa shape index (κ3) is 9.93. The SMILES string of the molecule is CC(C)CNC(=O)C1CC(OC(=O)C2CCCN2)CN1C(=O)COCCOCCOCCN. The number of rotatable bonds is 15. The van der Waals surface area contributed by atoms with Gasteiger partial charge in [0.2, 0.25) is 11.8 Å². The van der Waals surface area contributed by atoms with E-state index < -0.39 is 12.1 Å². The zero-order chi connectivity index (χ0) is 24.1. The minimum absolute atomic E-state index is 0.175. The van der Waals surface area contributed by atoms with Crippen LogP contribution in [0.2, 0.25) is 0 Å². The Morgan fingerprint density at radius 3 is 2.42 bits per heavy atom. The molecule has 2 aliphatic heterocycles. The second kappa shape index (κ2) is 15.2. The molecule has 11 nitrogen and oxygen atoms in total. The molecule has 0 bridgehead atoms. The zero-order valence-electron chi connectivity index (χ0n) is 19.9. The molecule has 2 saturated heterocycles. The Kier molecular flexibility index (Phi) is 12.6. The van der Waals surface area contributed by atoms with Crippen LogP contribution in [0.3, 0.4) is 0 Å². The minimum Gasteiger partial charge on any atom is -0.459 e. The predicted octanol–water partition coefficient (Wildman–Crippen LogP) is -0.968. The Morgan fingerprint density at radius 2 is 1.79 bits per heavy atom. The highest BCUT2D eigenvalue weighted by Crippen LogP contribution is 2.22. The molecular formula is C22H40N4O7. The van der Waals surface area contributed by atoms with Crippen LogP contribution in [0.1, 0.15) is 33.1 Å². The van der Waals surface area contributed by atoms with Gasteiger partial charge in [-0.05, 0) is 25.3 Å². The van der Waals surface area contributed by atoms with Crippen LogP contribution in [0.4, 0.5) is 0 Å². The van der Waals surface area contributed by atoms with Crippen LogP contribution in [0.5, 0.6) is 0 Å². The molecular weight excluding hydrogens is 432 g/mol. The third-order valence-electron chi connectivity index (χ3n) is 5.43. The van der Waals surface area contributed by atoms with Crippen molar-refractivity contribution in [1.82, 2.24) is 15.5 Å². The summed E-state index contributed by atoms with van der Waals surface area (Å²) in [7, 11) is 0. The molecule has 3 atom stereocenters. The molecule has 190 valence electrons. The fourth-order valence-electron chi connectivity index (χ4n) is 3.73. The highest BCUT2D eigenvalue weighted by molar-refractivity contribution is 5.89. The quantitative estimate of drug-likeness (QED) is 0.203. The van der Waals surface area contributed by atoms with Crippen molar-refractivity contribution in [1.29, 1.82) is 0 Å². The van der Waals surface area contributed by atoms with E-state index in [2.05, 4.69) is 10.6 Å². The summed E-state index contributed by atoms with van der Waals surface area (Å²) in [5.74, 6) is -0.596. The number of nitrogens with one attached hydrogen (secondary N) is 2. The van der Waals surface area contributed by atoms with E-state index in [9.17, 15) is 14.4 Å². The van der Waals surface area contributed by atoms with Crippen LogP contribution in [0.15, 0.2) is 0 Å². The normalized spacial score (nSPS) is 22.7. The lowest BCUT2D eigenvalue weighted by Crippen LogP contribution is -2.47. The van der Waals surface area contributed by atoms with Gasteiger partial charge in [-0.15, -0.1) is 0 Å². The van der Waals surface area contributed by atoms with Crippen LogP contribution in [0, 0.1) is 5.92 Å². The number of esters is 1. The summed E-state index contributed by atoms with van der Waals surface area (Å²) >= 11 is 0. The summed E-state index contributed by atoms with van der Waals surface area (Å²) in [6.45, 7) is 7.69. The van der Waals surface area contributed by atoms with E-state index >= 15 is 0 Å². The van der Waals surface area contributed by atoms with Crippen molar-refractivity contribution in [3.05, 3.63) is 0 Å². The smallest absolute Gasteiger partial charge is 0.323 e. The van der Waals surface area contributed by atoms with E-state index in [1.165, 1.54) is 4.90 Å². The monoisotopic (exact) mass is 472 g/mol. The average molecular weight is 473 g/mol. The molecule has 0 aromatic heterocycles. The minimum atomic E-state index is -0.690. The van der Waals surface area contributed by atoms with Crippen LogP contribution in [0.25, 0.3) is 0 Å². The maximum atomic E-state index is 12.8. The number of hydrogen-bond acceptors (Lipinski definition) is 9. The van der Waals surface area contributed by atoms with Gasteiger partial charge in [0.15, 0.2) is 0 Å². The Hall–Kier alpha value is -1.79. The van der Waals surface area contributed by atoms with Crippen molar-refractivity contribution in [2.45, 2.75) is 51.3 Å². The van der Waals surface area contributed by atoms with Crippen molar-refractivity contribution < 1.29 is 33.3 Å². The predicted molar refractivity (Wildman–Crippen MR) is 120 cm³/mol. The molecule has 0 saturated carbocycles. The van der Waals surface area contributed by atoms with Crippen LogP contribution >= 0.6 is 0 Å². The molecule has 2 amide bonds. The summed E-state index contributed by atoms with van der Waals surface area (Å²) < 4.78 is 21.6. The number of carbonyl (C=O) groups is 3. The standard InChI is InChI=1S/C22H40N4O7/c1-16(2)13-25-21(28)19-12-17(33-22(29)18-4-3-6-24-18)14-26(19)20(27)15-32-11-10-31-9-8-30-7-5-23/h16-19,24H,3-15,23H2,1-2H3,(H,25,28). The molecule has 0 radical (unpaired) electrons. The van der Waals surface area contributed by atoms with Gasteiger partial charge in [-0.1, -0.05) is 13.8 Å². The maximum absolute atomic E-state index is 12.8. The fourth-order valence-corrected chi connectivity index (χ4v) is 3.73. The molecule has 2 heterocycles. The molecule has 0 aromatic rings. The molecule has 2 fully saturated rings. The molecule has 0 aliphatic carbocycles. The Morgan fingerprint density at radius 1 is 1.09 bits per heavy atom. The molecule has 11 heteroatoms. The maximum Gasteiger partial charge on any atom is 0.323 e. The lowest BCUT2D eigenvalue weighted by atomic mass is 10.1. The highest BCUT2D eigenvalue weighted by Gasteiger charge is 2.42. The number of nitrogens with zero attached hydrogens (tertiary/aromatic N) is 1. The van der Waals surface area contributed by atoms with Gasteiger partial charge in [-0.25, -0.2) is 0 Å². The molecule has 0 spiro atoms. The van der Waals surface area contributed by atoms with E-state index in [1.54, 1.807) is 0 Å². The summed E-state index contributed by atoms with van der Waals surface area (Å²) in [6, 6.07) is -1.00. The van der Waals surface area contributed by atoms with E-state index in [4.69, 9.17) is 24.7 Å². The lowest BCUT2D eigenvalue weighted by Gasteiger charge is -2.24. The van der Waals surface area contributed by atoms with Gasteiger partial charge in [0.05, 0.1) is 39.6 Å². The second-order valence-corrected chi connectivity index (χ2v) is 8.71. The van der Waals surface area contributed by atoms with Crippen molar-refractivity contribution in [2.75, 3.05) is 65.8 Å². The van der Waals surface area contributed by atoms with Gasteiger partial charge in [-0.2, -0.15) is 0 Å². The Balaban J connectivity index is 1.80. The first-order valence-corrected chi connectivity index (χ1v) is 11.9. The van der Waals surface area contributed by atoms with Crippen LogP contribution < -0.4 is 16.4 Å². The van der Waals surface area contributed by atoms with Gasteiger partial charge >= 0.3 is 5.97 Å². The molecule has 0 aromatic carbocycles. The van der Waals surface area contributed by atoms with Gasteiger partial charge in [-0.3, -0.25) is 14.4 Å². The van der Waals surface area contributed by atoms with Crippen molar-refractivity contribution in [3.8, 4) is 0 Å². The molecule has 2 rings (SSSR count). The summed E-state index contributed by atoms with van der Waals surface area (Å²) in [6.07, 6.45) is 1.43. The number of ether oxygens (including phenoxy) is 4. The number of hydrogen-bond donors (Lipinski definition) is 3. The molecule has 2 aliphatic rings. The topological polar surface area (TPSA) is 141 Å². The number of amides is 2. The molecule has 4 N–H and O–H groups in total. The zero-order valence-corrected chi connectivity index (χ0v) is 19.9. The Bertz CT molecular complexity index is 614. The Labute approximate surface area is 196 Å². The first-order chi connectivity index (χ1) is 15.9. The molecule has 3 unspecified atom stereocenters. The van der Waals surface area contributed by atoms with E-state index in [1.807, 2.05) is 13.8 Å². The van der Waals surface area contributed by atoms with E-state index in [-0.39, 0.29) is 55.9 Å². The van der Waals surface area contributed by atoms with Gasteiger partial charge in [0.25, 0.3) is 0 Å². The lowest BCUT2D eigenvalue weighted by molar-refractivity contribution is -0.151. The first kappa shape index (κ1) is 27.5. The second-order valence-electron chi connectivity index (χ2n) is 8.71. The van der Waals surface area contributed by atoms with E-state index in [0.29, 0.717) is 39.5 Å². The average Bonchev–Trinajstić information content (AvgIpc) is 3.46. The first-order valence-electron chi connectivity index (χ1n) is 11.9. The van der Waals surface area contributed by atoms with Crippen LogP contribution in [-0.4, -0.2) is 107 Å². The van der Waals surface area contributed by atoms with Crippen molar-refractivity contribution in [2.24, 2.45) is 11.7 Å². The summed E-state index contributed by atoms with van der Waals surface area (Å²) in [4.78, 5) is 39.4. The van der Waals surface area contributed by atoms with Crippen molar-refractivity contribution in [3.63, 3.8) is 0 Å². The third-order valence-corrected chi connectivity index (χ3v) is 5.43. The van der Waals surface area contributed by atoms with Gasteiger partial charge in [0, 0.05) is 19.5 Å². The molecule has 33 heavy (non-hydrogen) atoms. The van der Waals surface area contributed by atoms with Crippen molar-refractivity contribution >= 4 is 17.8 Å². The largest absolute Gasteiger partial charge is 0.459 e. The number of carbonyl (C=O) groups excluding carboxylic acids is 3.